The molecule has 0 radical (unpaired) electrons. The van der Waals surface area contributed by atoms with Crippen molar-refractivity contribution in [1.29, 1.82) is 0 Å². The lowest BCUT2D eigenvalue weighted by atomic mass is 9.82. The molecule has 1 amide bonds. The molecule has 206 valence electrons. The molecule has 4 rings (SSSR count). The number of amides is 1. The molecular weight excluding hydrogens is 499 g/mol. The quantitative estimate of drug-likeness (QED) is 0.474. The molecule has 11 heteroatoms. The lowest BCUT2D eigenvalue weighted by Gasteiger charge is -2.35. The lowest BCUT2D eigenvalue weighted by molar-refractivity contribution is -0.148. The Balaban J connectivity index is 1.61. The number of fused-ring (bicyclic) bond motifs is 1. The van der Waals surface area contributed by atoms with Gasteiger partial charge in [-0.3, -0.25) is 14.5 Å². The summed E-state index contributed by atoms with van der Waals surface area (Å²) in [6.07, 6.45) is -2.94. The number of nitrogens with one attached hydrogen (secondary N) is 2. The van der Waals surface area contributed by atoms with E-state index in [-0.39, 0.29) is 29.8 Å². The molecule has 0 spiro atoms. The fourth-order valence-corrected chi connectivity index (χ4v) is 5.57. The third kappa shape index (κ3) is 5.72. The topological polar surface area (TPSA) is 91.7 Å². The predicted molar refractivity (Wildman–Crippen MR) is 138 cm³/mol. The highest BCUT2D eigenvalue weighted by molar-refractivity contribution is 6.03. The highest BCUT2D eigenvalue weighted by Crippen LogP contribution is 2.37. The van der Waals surface area contributed by atoms with Gasteiger partial charge in [0.2, 0.25) is 0 Å². The Morgan fingerprint density at radius 3 is 2.55 bits per heavy atom. The van der Waals surface area contributed by atoms with Crippen LogP contribution in [0.2, 0.25) is 0 Å². The Labute approximate surface area is 219 Å². The van der Waals surface area contributed by atoms with Gasteiger partial charge in [-0.2, -0.15) is 18.3 Å². The molecule has 0 aliphatic carbocycles. The van der Waals surface area contributed by atoms with Crippen LogP contribution < -0.4 is 15.6 Å². The van der Waals surface area contributed by atoms with Crippen LogP contribution in [-0.4, -0.2) is 58.3 Å². The maximum absolute atomic E-state index is 13.5. The minimum absolute atomic E-state index is 0.0176. The van der Waals surface area contributed by atoms with E-state index < -0.39 is 12.7 Å². The van der Waals surface area contributed by atoms with Gasteiger partial charge in [-0.05, 0) is 76.4 Å². The van der Waals surface area contributed by atoms with Gasteiger partial charge in [-0.15, -0.1) is 0 Å². The number of rotatable bonds is 7. The van der Waals surface area contributed by atoms with Crippen LogP contribution in [0.25, 0.3) is 5.52 Å². The first kappa shape index (κ1) is 27.7. The Morgan fingerprint density at radius 2 is 1.92 bits per heavy atom. The van der Waals surface area contributed by atoms with Crippen molar-refractivity contribution >= 4 is 11.4 Å². The van der Waals surface area contributed by atoms with Gasteiger partial charge >= 0.3 is 6.18 Å². The summed E-state index contributed by atoms with van der Waals surface area (Å²) in [5, 5.41) is 7.55. The number of carbonyl (C=O) groups excluding carboxylic acids is 1. The zero-order chi connectivity index (χ0) is 27.8. The molecule has 0 aromatic carbocycles. The first-order chi connectivity index (χ1) is 17.9. The summed E-state index contributed by atoms with van der Waals surface area (Å²) in [4.78, 5) is 30.2. The van der Waals surface area contributed by atoms with Crippen LogP contribution in [0.3, 0.4) is 0 Å². The zero-order valence-corrected chi connectivity index (χ0v) is 22.3. The number of piperidine rings is 1. The van der Waals surface area contributed by atoms with E-state index in [4.69, 9.17) is 9.84 Å². The van der Waals surface area contributed by atoms with Crippen molar-refractivity contribution in [3.05, 3.63) is 62.3 Å². The van der Waals surface area contributed by atoms with E-state index in [9.17, 15) is 22.8 Å². The van der Waals surface area contributed by atoms with E-state index in [1.54, 1.807) is 17.5 Å². The van der Waals surface area contributed by atoms with Crippen LogP contribution in [0.1, 0.15) is 64.2 Å². The van der Waals surface area contributed by atoms with Crippen molar-refractivity contribution in [2.45, 2.75) is 59.2 Å². The average Bonchev–Trinajstić information content (AvgIpc) is 3.12. The molecule has 1 fully saturated rings. The van der Waals surface area contributed by atoms with Crippen molar-refractivity contribution in [1.82, 2.24) is 24.8 Å². The van der Waals surface area contributed by atoms with Crippen molar-refractivity contribution in [3.8, 4) is 5.75 Å². The molecule has 1 unspecified atom stereocenters. The molecule has 1 atom stereocenters. The largest absolute Gasteiger partial charge is 0.496 e. The number of aryl methyl sites for hydroxylation is 2. The van der Waals surface area contributed by atoms with Crippen LogP contribution in [0.15, 0.2) is 23.0 Å². The van der Waals surface area contributed by atoms with Crippen LogP contribution in [-0.2, 0) is 6.54 Å². The number of hydrogen-bond acceptors (Lipinski definition) is 5. The summed E-state index contributed by atoms with van der Waals surface area (Å²) in [6.45, 7) is 7.41. The standard InChI is InChI=1S/C27H34F3N5O3/c1-15-6-7-21-23(26(37)31-13-20-22(38-5)12-16(2)32-25(20)36)18(4)24(35(21)33-15)17(3)19-8-10-34(11-9-19)14-27(28,29)30/h6-7,12,17,19H,8-11,13-14H2,1-5H3,(H,31,37)(H,32,36). The van der Waals surface area contributed by atoms with Gasteiger partial charge in [0.15, 0.2) is 0 Å². The van der Waals surface area contributed by atoms with E-state index in [0.29, 0.717) is 54.0 Å². The first-order valence-electron chi connectivity index (χ1n) is 12.7. The van der Waals surface area contributed by atoms with Crippen molar-refractivity contribution in [2.24, 2.45) is 5.92 Å². The van der Waals surface area contributed by atoms with Crippen molar-refractivity contribution < 1.29 is 22.7 Å². The second-order valence-electron chi connectivity index (χ2n) is 10.2. The van der Waals surface area contributed by atoms with Crippen molar-refractivity contribution in [2.75, 3.05) is 26.7 Å². The molecule has 3 aromatic heterocycles. The average molecular weight is 534 g/mol. The highest BCUT2D eigenvalue weighted by atomic mass is 19.4. The molecule has 2 N–H and O–H groups in total. The van der Waals surface area contributed by atoms with E-state index in [1.165, 1.54) is 12.0 Å². The second-order valence-corrected chi connectivity index (χ2v) is 10.2. The van der Waals surface area contributed by atoms with E-state index >= 15 is 0 Å². The van der Waals surface area contributed by atoms with Gasteiger partial charge in [-0.25, -0.2) is 4.52 Å². The predicted octanol–water partition coefficient (Wildman–Crippen LogP) is 4.26. The SMILES string of the molecule is COc1cc(C)[nH]c(=O)c1CNC(=O)c1c(C)c(C(C)C2CCN(CC(F)(F)F)CC2)n2nc(C)ccc12. The molecule has 1 saturated heterocycles. The Bertz CT molecular complexity index is 1390. The highest BCUT2D eigenvalue weighted by Gasteiger charge is 2.35. The Morgan fingerprint density at radius 1 is 1.24 bits per heavy atom. The lowest BCUT2D eigenvalue weighted by Crippen LogP contribution is -2.41. The molecule has 1 aliphatic heterocycles. The molecule has 8 nitrogen and oxygen atoms in total. The Kier molecular flexibility index (Phi) is 7.87. The zero-order valence-electron chi connectivity index (χ0n) is 22.3. The number of carbonyl (C=O) groups is 1. The maximum atomic E-state index is 13.5. The normalized spacial score (nSPS) is 16.1. The molecule has 1 aliphatic rings. The number of alkyl halides is 3. The van der Waals surface area contributed by atoms with E-state index in [1.807, 2.05) is 26.0 Å². The molecular formula is C27H34F3N5O3. The van der Waals surface area contributed by atoms with E-state index in [0.717, 1.165) is 17.0 Å². The summed E-state index contributed by atoms with van der Waals surface area (Å²) in [6, 6.07) is 5.39. The van der Waals surface area contributed by atoms with Crippen LogP contribution >= 0.6 is 0 Å². The number of halogens is 3. The fourth-order valence-electron chi connectivity index (χ4n) is 5.57. The third-order valence-electron chi connectivity index (χ3n) is 7.49. The van der Waals surface area contributed by atoms with Gasteiger partial charge in [0.25, 0.3) is 11.5 Å². The molecule has 4 heterocycles. The fraction of sp³-hybridized carbons (Fsp3) is 0.519. The second kappa shape index (κ2) is 10.8. The van der Waals surface area contributed by atoms with Gasteiger partial charge < -0.3 is 15.0 Å². The molecule has 0 bridgehead atoms. The number of methoxy groups -OCH3 is 1. The maximum Gasteiger partial charge on any atom is 0.401 e. The molecule has 0 saturated carbocycles. The van der Waals surface area contributed by atoms with Gasteiger partial charge in [0.05, 0.1) is 42.5 Å². The molecule has 38 heavy (non-hydrogen) atoms. The summed E-state index contributed by atoms with van der Waals surface area (Å²) in [7, 11) is 1.47. The summed E-state index contributed by atoms with van der Waals surface area (Å²) in [5.74, 6) is 0.191. The minimum Gasteiger partial charge on any atom is -0.496 e. The van der Waals surface area contributed by atoms with Crippen LogP contribution in [0.4, 0.5) is 13.2 Å². The Hall–Kier alpha value is -3.34. The first-order valence-corrected chi connectivity index (χ1v) is 12.7. The van der Waals surface area contributed by atoms with Crippen LogP contribution in [0, 0.1) is 26.7 Å². The number of hydrogen-bond donors (Lipinski definition) is 2. The number of likely N-dealkylation sites (tertiary alicyclic amines) is 1. The van der Waals surface area contributed by atoms with Crippen molar-refractivity contribution in [3.63, 3.8) is 0 Å². The number of ether oxygens (including phenoxy) is 1. The number of nitrogens with zero attached hydrogens (tertiary/aromatic N) is 3. The smallest absolute Gasteiger partial charge is 0.401 e. The van der Waals surface area contributed by atoms with Gasteiger partial charge in [0.1, 0.15) is 5.75 Å². The number of aromatic nitrogens is 3. The number of pyridine rings is 1. The van der Waals surface area contributed by atoms with Gasteiger partial charge in [0, 0.05) is 17.3 Å². The summed E-state index contributed by atoms with van der Waals surface area (Å²) in [5.41, 5.74) is 4.20. The number of H-pyrrole nitrogens is 1. The van der Waals surface area contributed by atoms with Gasteiger partial charge in [-0.1, -0.05) is 6.92 Å². The molecule has 3 aromatic rings. The minimum atomic E-state index is -4.20. The number of aromatic amines is 1. The monoisotopic (exact) mass is 533 g/mol. The third-order valence-corrected chi connectivity index (χ3v) is 7.49. The van der Waals surface area contributed by atoms with E-state index in [2.05, 4.69) is 17.2 Å². The summed E-state index contributed by atoms with van der Waals surface area (Å²) >= 11 is 0. The summed E-state index contributed by atoms with van der Waals surface area (Å²) < 4.78 is 45.7. The van der Waals surface area contributed by atoms with Crippen LogP contribution in [0.5, 0.6) is 5.75 Å².